The average molecular weight is 607 g/mol. The van der Waals surface area contributed by atoms with Crippen LogP contribution in [0.4, 0.5) is 10.1 Å². The number of aryl methyl sites for hydroxylation is 1. The third-order valence-electron chi connectivity index (χ3n) is 6.41. The van der Waals surface area contributed by atoms with Gasteiger partial charge in [0.25, 0.3) is 10.0 Å². The number of sulfonamides is 1. The summed E-state index contributed by atoms with van der Waals surface area (Å²) >= 11 is 7.50. The van der Waals surface area contributed by atoms with E-state index in [4.69, 9.17) is 25.8 Å². The number of hydrogen-bond acceptors (Lipinski definition) is 7. The van der Waals surface area contributed by atoms with Crippen molar-refractivity contribution in [2.24, 2.45) is 0 Å². The highest BCUT2D eigenvalue weighted by Gasteiger charge is 2.38. The molecule has 0 unspecified atom stereocenters. The van der Waals surface area contributed by atoms with Gasteiger partial charge in [-0.1, -0.05) is 54.6 Å². The van der Waals surface area contributed by atoms with Gasteiger partial charge in [-0.2, -0.15) is 8.42 Å². The molecule has 0 radical (unpaired) electrons. The second kappa shape index (κ2) is 12.6. The lowest BCUT2D eigenvalue weighted by molar-refractivity contribution is 0.178. The Balaban J connectivity index is 1.80. The van der Waals surface area contributed by atoms with Crippen LogP contribution >= 0.6 is 22.9 Å². The van der Waals surface area contributed by atoms with Gasteiger partial charge in [0.05, 0.1) is 41.7 Å². The highest BCUT2D eigenvalue weighted by atomic mass is 35.5. The SMILES string of the molecule is C=C(CC[C@H]1CN(S(=O)(=O)c2nc(CC)sc2OCC)c2cc(/C=C(\C)c3c(F)cccc3Cl)ccc2O1)OC. The number of hydrogen-bond donors (Lipinski definition) is 0. The summed E-state index contributed by atoms with van der Waals surface area (Å²) in [6.07, 6.45) is 2.89. The summed E-state index contributed by atoms with van der Waals surface area (Å²) in [5, 5.41) is 1.10. The molecule has 1 aromatic heterocycles. The maximum atomic E-state index is 14.5. The van der Waals surface area contributed by atoms with Crippen molar-refractivity contribution in [3.8, 4) is 10.8 Å². The van der Waals surface area contributed by atoms with Crippen LogP contribution in [-0.2, 0) is 21.2 Å². The van der Waals surface area contributed by atoms with E-state index in [-0.39, 0.29) is 22.2 Å². The van der Waals surface area contributed by atoms with E-state index >= 15 is 0 Å². The highest BCUT2D eigenvalue weighted by Crippen LogP contribution is 2.42. The number of halogens is 2. The lowest BCUT2D eigenvalue weighted by atomic mass is 10.0. The molecule has 1 atom stereocenters. The average Bonchev–Trinajstić information content (AvgIpc) is 3.35. The summed E-state index contributed by atoms with van der Waals surface area (Å²) in [5.74, 6) is 0.550. The van der Waals surface area contributed by atoms with Crippen molar-refractivity contribution >= 4 is 50.3 Å². The predicted octanol–water partition coefficient (Wildman–Crippen LogP) is 7.35. The van der Waals surface area contributed by atoms with E-state index < -0.39 is 21.9 Å². The maximum absolute atomic E-state index is 14.5. The molecule has 0 fully saturated rings. The fourth-order valence-corrected chi connectivity index (χ4v) is 7.47. The van der Waals surface area contributed by atoms with Gasteiger partial charge in [0.1, 0.15) is 17.7 Å². The molecule has 0 saturated heterocycles. The molecule has 0 bridgehead atoms. The van der Waals surface area contributed by atoms with Crippen LogP contribution in [0.25, 0.3) is 11.6 Å². The van der Waals surface area contributed by atoms with E-state index in [1.54, 1.807) is 57.4 Å². The molecular formula is C29H32ClFN2O5S2. The van der Waals surface area contributed by atoms with E-state index in [1.165, 1.54) is 21.7 Å². The zero-order valence-electron chi connectivity index (χ0n) is 22.9. The minimum absolute atomic E-state index is 0.0577. The van der Waals surface area contributed by atoms with Crippen LogP contribution in [0.3, 0.4) is 0 Å². The lowest BCUT2D eigenvalue weighted by Crippen LogP contribution is -2.43. The first-order valence-corrected chi connectivity index (χ1v) is 15.5. The van der Waals surface area contributed by atoms with Gasteiger partial charge >= 0.3 is 0 Å². The topological polar surface area (TPSA) is 78.0 Å². The molecule has 40 heavy (non-hydrogen) atoms. The minimum Gasteiger partial charge on any atom is -0.502 e. The molecule has 214 valence electrons. The lowest BCUT2D eigenvalue weighted by Gasteiger charge is -2.35. The molecule has 2 aromatic carbocycles. The minimum atomic E-state index is -4.13. The van der Waals surface area contributed by atoms with E-state index in [9.17, 15) is 12.8 Å². The Hall–Kier alpha value is -3.08. The van der Waals surface area contributed by atoms with Crippen molar-refractivity contribution in [1.82, 2.24) is 4.98 Å². The molecule has 0 amide bonds. The van der Waals surface area contributed by atoms with E-state index in [0.717, 1.165) is 0 Å². The molecule has 0 saturated carbocycles. The van der Waals surface area contributed by atoms with Crippen molar-refractivity contribution in [3.05, 3.63) is 75.7 Å². The van der Waals surface area contributed by atoms with Crippen LogP contribution in [0.1, 0.15) is 49.7 Å². The third-order valence-corrected chi connectivity index (χ3v) is 9.66. The smallest absolute Gasteiger partial charge is 0.286 e. The fraction of sp³-hybridized carbons (Fsp3) is 0.345. The summed E-state index contributed by atoms with van der Waals surface area (Å²) in [6, 6.07) is 9.74. The summed E-state index contributed by atoms with van der Waals surface area (Å²) in [4.78, 5) is 4.43. The van der Waals surface area contributed by atoms with Crippen LogP contribution in [0.5, 0.6) is 10.8 Å². The van der Waals surface area contributed by atoms with Crippen LogP contribution in [0.15, 0.2) is 53.8 Å². The van der Waals surface area contributed by atoms with Crippen LogP contribution in [0, 0.1) is 5.82 Å². The molecule has 2 heterocycles. The number of allylic oxidation sites excluding steroid dienone is 2. The molecule has 1 aliphatic heterocycles. The van der Waals surface area contributed by atoms with Gasteiger partial charge in [-0.3, -0.25) is 4.31 Å². The molecular weight excluding hydrogens is 575 g/mol. The summed E-state index contributed by atoms with van der Waals surface area (Å²) in [6.45, 7) is 9.69. The predicted molar refractivity (Wildman–Crippen MR) is 158 cm³/mol. The molecule has 0 spiro atoms. The van der Waals surface area contributed by atoms with Crippen molar-refractivity contribution in [1.29, 1.82) is 0 Å². The first kappa shape index (κ1) is 29.9. The number of rotatable bonds is 11. The Bertz CT molecular complexity index is 1520. The molecule has 11 heteroatoms. The number of ether oxygens (including phenoxy) is 3. The fourth-order valence-electron chi connectivity index (χ4n) is 4.39. The van der Waals surface area contributed by atoms with Crippen LogP contribution < -0.4 is 13.8 Å². The molecule has 1 aliphatic rings. The van der Waals surface area contributed by atoms with Crippen molar-refractivity contribution in [2.75, 3.05) is 24.6 Å². The molecule has 7 nitrogen and oxygen atoms in total. The molecule has 3 aromatic rings. The maximum Gasteiger partial charge on any atom is 0.286 e. The van der Waals surface area contributed by atoms with Gasteiger partial charge in [-0.05, 0) is 62.1 Å². The highest BCUT2D eigenvalue weighted by molar-refractivity contribution is 7.93. The Morgan fingerprint density at radius 3 is 2.77 bits per heavy atom. The van der Waals surface area contributed by atoms with E-state index in [1.807, 2.05) is 6.92 Å². The van der Waals surface area contributed by atoms with Gasteiger partial charge in [0.15, 0.2) is 0 Å². The van der Waals surface area contributed by atoms with Gasteiger partial charge in [-0.15, -0.1) is 0 Å². The first-order chi connectivity index (χ1) is 19.1. The Kier molecular flexibility index (Phi) is 9.43. The second-order valence-corrected chi connectivity index (χ2v) is 12.4. The second-order valence-electron chi connectivity index (χ2n) is 9.20. The monoisotopic (exact) mass is 606 g/mol. The number of fused-ring (bicyclic) bond motifs is 1. The Labute approximate surface area is 243 Å². The standard InChI is InChI=1S/C29H32ClFN2O5S2/c1-6-26-32-28(29(39-26)37-7-2)40(34,35)33-17-21(13-11-19(4)36-5)38-25-14-12-20(16-24(25)33)15-18(3)27-22(30)9-8-10-23(27)31/h8-10,12,14-16,21H,4,6-7,11,13,17H2,1-3,5H3/b18-15+/t21-/m0/s1. The van der Waals surface area contributed by atoms with E-state index in [2.05, 4.69) is 11.6 Å². The van der Waals surface area contributed by atoms with Crippen molar-refractivity contribution in [3.63, 3.8) is 0 Å². The summed E-state index contributed by atoms with van der Waals surface area (Å²) in [7, 11) is -2.59. The Morgan fingerprint density at radius 2 is 2.10 bits per heavy atom. The summed E-state index contributed by atoms with van der Waals surface area (Å²) < 4.78 is 61.3. The number of benzene rings is 2. The zero-order valence-corrected chi connectivity index (χ0v) is 25.3. The third kappa shape index (κ3) is 6.29. The van der Waals surface area contributed by atoms with Gasteiger partial charge in [0, 0.05) is 12.0 Å². The quantitative estimate of drug-likeness (QED) is 0.168. The Morgan fingerprint density at radius 1 is 1.32 bits per heavy atom. The zero-order chi connectivity index (χ0) is 29.0. The molecule has 4 rings (SSSR count). The van der Waals surface area contributed by atoms with E-state index in [0.29, 0.717) is 64.2 Å². The number of thiazole rings is 1. The summed E-state index contributed by atoms with van der Waals surface area (Å²) in [5.41, 5.74) is 1.90. The number of aromatic nitrogens is 1. The normalized spacial score (nSPS) is 15.4. The van der Waals surface area contributed by atoms with Crippen molar-refractivity contribution < 1.29 is 27.0 Å². The van der Waals surface area contributed by atoms with Gasteiger partial charge < -0.3 is 14.2 Å². The van der Waals surface area contributed by atoms with Gasteiger partial charge in [-0.25, -0.2) is 9.37 Å². The molecule has 0 aliphatic carbocycles. The number of methoxy groups -OCH3 is 1. The van der Waals surface area contributed by atoms with Crippen molar-refractivity contribution in [2.45, 2.75) is 51.2 Å². The first-order valence-electron chi connectivity index (χ1n) is 12.9. The number of nitrogens with zero attached hydrogens (tertiary/aromatic N) is 2. The van der Waals surface area contributed by atoms with Crippen LogP contribution in [-0.4, -0.2) is 39.8 Å². The van der Waals surface area contributed by atoms with Crippen LogP contribution in [0.2, 0.25) is 5.02 Å². The van der Waals surface area contributed by atoms with Gasteiger partial charge in [0.2, 0.25) is 10.1 Å². The number of anilines is 1. The largest absolute Gasteiger partial charge is 0.502 e. The molecule has 0 N–H and O–H groups in total.